The molecule has 0 fully saturated rings. The second-order valence-corrected chi connectivity index (χ2v) is 11.3. The summed E-state index contributed by atoms with van der Waals surface area (Å²) in [6.07, 6.45) is 10.1. The van der Waals surface area contributed by atoms with E-state index in [2.05, 4.69) is 79.2 Å². The molecule has 1 N–H and O–H groups in total. The SMILES string of the molecule is CCCCN(CCCC)c1ccc2c(c1)[Se+]c1cc(N(CCCC)CCCC)ccc1N2. The van der Waals surface area contributed by atoms with E-state index in [0.29, 0.717) is 15.0 Å². The van der Waals surface area contributed by atoms with E-state index in [4.69, 9.17) is 0 Å². The molecule has 0 spiro atoms. The number of fused-ring (bicyclic) bond motifs is 2. The van der Waals surface area contributed by atoms with Gasteiger partial charge >= 0.3 is 203 Å². The van der Waals surface area contributed by atoms with Crippen molar-refractivity contribution < 1.29 is 0 Å². The molecule has 2 aromatic carbocycles. The molecule has 3 rings (SSSR count). The summed E-state index contributed by atoms with van der Waals surface area (Å²) in [7, 11) is 0. The molecule has 0 saturated heterocycles. The van der Waals surface area contributed by atoms with E-state index in [9.17, 15) is 0 Å². The molecule has 1 radical (unpaired) electrons. The summed E-state index contributed by atoms with van der Waals surface area (Å²) in [6.45, 7) is 13.8. The predicted molar refractivity (Wildman–Crippen MR) is 145 cm³/mol. The van der Waals surface area contributed by atoms with E-state index in [1.807, 2.05) is 0 Å². The van der Waals surface area contributed by atoms with Gasteiger partial charge in [-0.1, -0.05) is 0 Å². The Morgan fingerprint density at radius 2 is 0.969 bits per heavy atom. The van der Waals surface area contributed by atoms with Crippen LogP contribution in [-0.4, -0.2) is 41.1 Å². The van der Waals surface area contributed by atoms with Crippen molar-refractivity contribution in [3.63, 3.8) is 0 Å². The Kier molecular flexibility index (Phi) is 10.3. The van der Waals surface area contributed by atoms with Gasteiger partial charge in [-0.25, -0.2) is 0 Å². The van der Waals surface area contributed by atoms with Crippen LogP contribution in [0.3, 0.4) is 0 Å². The van der Waals surface area contributed by atoms with E-state index >= 15 is 0 Å². The summed E-state index contributed by atoms with van der Waals surface area (Å²) >= 11 is 0.338. The number of nitrogens with one attached hydrogen (secondary N) is 1. The van der Waals surface area contributed by atoms with Crippen LogP contribution in [0.15, 0.2) is 36.4 Å². The first-order chi connectivity index (χ1) is 15.7. The first-order valence-corrected chi connectivity index (χ1v) is 14.6. The molecule has 175 valence electrons. The molecule has 1 aliphatic heterocycles. The zero-order valence-corrected chi connectivity index (χ0v) is 22.5. The third-order valence-corrected chi connectivity index (χ3v) is 8.62. The summed E-state index contributed by atoms with van der Waals surface area (Å²) < 4.78 is 2.98. The van der Waals surface area contributed by atoms with Gasteiger partial charge in [0.05, 0.1) is 0 Å². The van der Waals surface area contributed by atoms with E-state index in [1.165, 1.54) is 109 Å². The van der Waals surface area contributed by atoms with Crippen LogP contribution in [-0.2, 0) is 0 Å². The molecular formula is C28H43N3Se+. The van der Waals surface area contributed by atoms with Gasteiger partial charge in [0.15, 0.2) is 0 Å². The van der Waals surface area contributed by atoms with Gasteiger partial charge in [-0.05, 0) is 0 Å². The fourth-order valence-electron chi connectivity index (χ4n) is 4.19. The van der Waals surface area contributed by atoms with Gasteiger partial charge < -0.3 is 0 Å². The van der Waals surface area contributed by atoms with Gasteiger partial charge in [0.25, 0.3) is 0 Å². The molecule has 2 aromatic rings. The van der Waals surface area contributed by atoms with Crippen molar-refractivity contribution in [2.45, 2.75) is 79.1 Å². The van der Waals surface area contributed by atoms with Gasteiger partial charge in [0.1, 0.15) is 0 Å². The zero-order chi connectivity index (χ0) is 22.8. The molecule has 0 unspecified atom stereocenters. The average molecular weight is 501 g/mol. The number of hydrogen-bond acceptors (Lipinski definition) is 3. The van der Waals surface area contributed by atoms with Crippen molar-refractivity contribution in [1.29, 1.82) is 0 Å². The molecule has 0 aromatic heterocycles. The van der Waals surface area contributed by atoms with Crippen LogP contribution in [0, 0.1) is 0 Å². The Labute approximate surface area is 203 Å². The van der Waals surface area contributed by atoms with Crippen molar-refractivity contribution in [3.8, 4) is 0 Å². The fraction of sp³-hybridized carbons (Fsp3) is 0.571. The number of anilines is 4. The average Bonchev–Trinajstić information content (AvgIpc) is 2.82. The van der Waals surface area contributed by atoms with Crippen molar-refractivity contribution >= 4 is 46.6 Å². The minimum absolute atomic E-state index is 0.338. The van der Waals surface area contributed by atoms with E-state index < -0.39 is 0 Å². The molecular weight excluding hydrogens is 457 g/mol. The third kappa shape index (κ3) is 6.68. The summed E-state index contributed by atoms with van der Waals surface area (Å²) in [5, 5.41) is 3.72. The minimum atomic E-state index is 0.338. The standard InChI is InChI=1S/C28H43N3Se/c1-5-9-17-30(18-10-6-2)23-13-15-25-27(21-23)32-28-22-24(14-16-26(28)29-25)31(19-11-7-3)20-12-8-4/h13-16,21-22,29H,5-12,17-20H2,1-4H3/q+1. The van der Waals surface area contributed by atoms with Gasteiger partial charge in [-0.3, -0.25) is 0 Å². The van der Waals surface area contributed by atoms with Crippen LogP contribution < -0.4 is 24.0 Å². The Balaban J connectivity index is 1.80. The normalized spacial score (nSPS) is 12.1. The molecule has 3 nitrogen and oxygen atoms in total. The van der Waals surface area contributed by atoms with Crippen molar-refractivity contribution in [1.82, 2.24) is 0 Å². The quantitative estimate of drug-likeness (QED) is 0.266. The molecule has 4 heteroatoms. The first kappa shape index (κ1) is 25.0. The number of benzene rings is 2. The number of nitrogens with zero attached hydrogens (tertiary/aromatic N) is 2. The number of hydrogen-bond donors (Lipinski definition) is 1. The Hall–Kier alpha value is -1.64. The molecule has 1 heterocycles. The van der Waals surface area contributed by atoms with Gasteiger partial charge in [-0.2, -0.15) is 0 Å². The van der Waals surface area contributed by atoms with Gasteiger partial charge in [0.2, 0.25) is 0 Å². The maximum absolute atomic E-state index is 3.72. The van der Waals surface area contributed by atoms with Crippen LogP contribution in [0.2, 0.25) is 0 Å². The molecule has 0 aliphatic carbocycles. The van der Waals surface area contributed by atoms with Crippen molar-refractivity contribution in [2.75, 3.05) is 41.3 Å². The Morgan fingerprint density at radius 3 is 1.31 bits per heavy atom. The van der Waals surface area contributed by atoms with Crippen LogP contribution >= 0.6 is 0 Å². The van der Waals surface area contributed by atoms with Crippen molar-refractivity contribution in [2.24, 2.45) is 0 Å². The molecule has 0 amide bonds. The van der Waals surface area contributed by atoms with Crippen LogP contribution in [0.4, 0.5) is 22.7 Å². The summed E-state index contributed by atoms with van der Waals surface area (Å²) in [6, 6.07) is 14.2. The topological polar surface area (TPSA) is 18.5 Å². The monoisotopic (exact) mass is 501 g/mol. The summed E-state index contributed by atoms with van der Waals surface area (Å²) in [4.78, 5) is 5.21. The van der Waals surface area contributed by atoms with E-state index in [1.54, 1.807) is 0 Å². The Bertz CT molecular complexity index is 752. The molecule has 0 atom stereocenters. The second kappa shape index (κ2) is 13.2. The van der Waals surface area contributed by atoms with Crippen LogP contribution in [0.5, 0.6) is 0 Å². The predicted octanol–water partition coefficient (Wildman–Crippen LogP) is 6.21. The van der Waals surface area contributed by atoms with Gasteiger partial charge in [-0.15, -0.1) is 0 Å². The second-order valence-electron chi connectivity index (χ2n) is 8.98. The summed E-state index contributed by atoms with van der Waals surface area (Å²) in [5.41, 5.74) is 5.41. The van der Waals surface area contributed by atoms with Gasteiger partial charge in [0, 0.05) is 0 Å². The van der Waals surface area contributed by atoms with E-state index in [0.717, 1.165) is 0 Å². The summed E-state index contributed by atoms with van der Waals surface area (Å²) in [5.74, 6) is 0. The van der Waals surface area contributed by atoms with Crippen LogP contribution in [0.25, 0.3) is 0 Å². The molecule has 0 saturated carbocycles. The maximum atomic E-state index is 3.72. The fourth-order valence-corrected chi connectivity index (χ4v) is 6.40. The van der Waals surface area contributed by atoms with E-state index in [-0.39, 0.29) is 0 Å². The van der Waals surface area contributed by atoms with Crippen molar-refractivity contribution in [3.05, 3.63) is 36.4 Å². The number of unbranched alkanes of at least 4 members (excludes halogenated alkanes) is 4. The van der Waals surface area contributed by atoms with Crippen LogP contribution in [0.1, 0.15) is 79.1 Å². The number of rotatable bonds is 14. The molecule has 0 bridgehead atoms. The molecule has 1 aliphatic rings. The first-order valence-electron chi connectivity index (χ1n) is 12.9. The zero-order valence-electron chi connectivity index (χ0n) is 20.8. The third-order valence-electron chi connectivity index (χ3n) is 6.28. The Morgan fingerprint density at radius 1 is 0.594 bits per heavy atom. The molecule has 32 heavy (non-hydrogen) atoms.